The molecule has 152 valence electrons. The molecule has 11 nitrogen and oxygen atoms in total. The van der Waals surface area contributed by atoms with Crippen LogP contribution in [0.1, 0.15) is 16.2 Å². The third kappa shape index (κ3) is 5.02. The van der Waals surface area contributed by atoms with Gasteiger partial charge in [-0.25, -0.2) is 4.98 Å². The number of amides is 2. The summed E-state index contributed by atoms with van der Waals surface area (Å²) in [5, 5.41) is 20.4. The largest absolute Gasteiger partial charge is 0.354 e. The SMILES string of the molecule is CNC(=O)c1ccc(NC(=O)CNCCn2ccnn2)c(-c2cn(C)nc2C)n1. The summed E-state index contributed by atoms with van der Waals surface area (Å²) in [7, 11) is 3.34. The summed E-state index contributed by atoms with van der Waals surface area (Å²) >= 11 is 0. The van der Waals surface area contributed by atoms with Crippen molar-refractivity contribution in [2.24, 2.45) is 7.05 Å². The minimum Gasteiger partial charge on any atom is -0.354 e. The zero-order valence-electron chi connectivity index (χ0n) is 16.5. The van der Waals surface area contributed by atoms with Crippen molar-refractivity contribution in [1.29, 1.82) is 0 Å². The Morgan fingerprint density at radius 3 is 2.72 bits per heavy atom. The first kappa shape index (κ1) is 20.1. The van der Waals surface area contributed by atoms with Gasteiger partial charge in [0, 0.05) is 38.6 Å². The van der Waals surface area contributed by atoms with E-state index in [0.29, 0.717) is 24.5 Å². The van der Waals surface area contributed by atoms with Crippen LogP contribution < -0.4 is 16.0 Å². The molecule has 29 heavy (non-hydrogen) atoms. The van der Waals surface area contributed by atoms with E-state index >= 15 is 0 Å². The Bertz CT molecular complexity index is 995. The number of rotatable bonds is 8. The van der Waals surface area contributed by atoms with Gasteiger partial charge in [-0.1, -0.05) is 5.21 Å². The predicted molar refractivity (Wildman–Crippen MR) is 106 cm³/mol. The predicted octanol–water partition coefficient (Wildman–Crippen LogP) is -0.0301. The average molecular weight is 397 g/mol. The normalized spacial score (nSPS) is 10.7. The van der Waals surface area contributed by atoms with Crippen LogP contribution in [-0.4, -0.2) is 61.7 Å². The van der Waals surface area contributed by atoms with Crippen LogP contribution in [-0.2, 0) is 18.4 Å². The van der Waals surface area contributed by atoms with Crippen LogP contribution in [0.5, 0.6) is 0 Å². The molecule has 3 rings (SSSR count). The van der Waals surface area contributed by atoms with Crippen LogP contribution in [0.2, 0.25) is 0 Å². The van der Waals surface area contributed by atoms with E-state index in [1.807, 2.05) is 6.92 Å². The first-order chi connectivity index (χ1) is 14.0. The number of aryl methyl sites for hydroxylation is 2. The van der Waals surface area contributed by atoms with E-state index in [-0.39, 0.29) is 24.1 Å². The molecule has 3 aromatic rings. The van der Waals surface area contributed by atoms with E-state index in [1.165, 1.54) is 0 Å². The highest BCUT2D eigenvalue weighted by Gasteiger charge is 2.17. The van der Waals surface area contributed by atoms with E-state index < -0.39 is 0 Å². The Labute approximate surface area is 167 Å². The first-order valence-corrected chi connectivity index (χ1v) is 9.06. The number of aromatic nitrogens is 6. The summed E-state index contributed by atoms with van der Waals surface area (Å²) in [6, 6.07) is 3.24. The van der Waals surface area contributed by atoms with Crippen LogP contribution in [0.15, 0.2) is 30.7 Å². The highest BCUT2D eigenvalue weighted by atomic mass is 16.2. The second-order valence-corrected chi connectivity index (χ2v) is 6.36. The Morgan fingerprint density at radius 2 is 2.07 bits per heavy atom. The molecule has 0 saturated heterocycles. The van der Waals surface area contributed by atoms with Crippen molar-refractivity contribution in [2.45, 2.75) is 13.5 Å². The molecule has 0 aromatic carbocycles. The minimum atomic E-state index is -0.305. The number of nitrogens with zero attached hydrogens (tertiary/aromatic N) is 6. The van der Waals surface area contributed by atoms with Crippen LogP contribution >= 0.6 is 0 Å². The van der Waals surface area contributed by atoms with Gasteiger partial charge in [0.05, 0.1) is 36.4 Å². The highest BCUT2D eigenvalue weighted by molar-refractivity contribution is 5.98. The number of hydrogen-bond donors (Lipinski definition) is 3. The molecular formula is C18H23N9O2. The maximum atomic E-state index is 12.4. The van der Waals surface area contributed by atoms with Crippen LogP contribution in [0.3, 0.4) is 0 Å². The van der Waals surface area contributed by atoms with Gasteiger partial charge >= 0.3 is 0 Å². The zero-order valence-corrected chi connectivity index (χ0v) is 16.5. The van der Waals surface area contributed by atoms with Crippen LogP contribution in [0, 0.1) is 6.92 Å². The number of nitrogens with one attached hydrogen (secondary N) is 3. The van der Waals surface area contributed by atoms with Crippen molar-refractivity contribution < 1.29 is 9.59 Å². The third-order valence-corrected chi connectivity index (χ3v) is 4.17. The minimum absolute atomic E-state index is 0.122. The van der Waals surface area contributed by atoms with Gasteiger partial charge in [0.25, 0.3) is 5.91 Å². The number of pyridine rings is 1. The van der Waals surface area contributed by atoms with Crippen LogP contribution in [0.4, 0.5) is 5.69 Å². The maximum absolute atomic E-state index is 12.4. The molecule has 2 amide bonds. The van der Waals surface area contributed by atoms with Gasteiger partial charge in [-0.2, -0.15) is 5.10 Å². The molecule has 0 radical (unpaired) electrons. The lowest BCUT2D eigenvalue weighted by molar-refractivity contribution is -0.115. The molecule has 0 spiro atoms. The summed E-state index contributed by atoms with van der Waals surface area (Å²) in [5.41, 5.74) is 2.75. The summed E-state index contributed by atoms with van der Waals surface area (Å²) in [5.74, 6) is -0.527. The van der Waals surface area contributed by atoms with Crippen molar-refractivity contribution in [3.05, 3.63) is 42.1 Å². The average Bonchev–Trinajstić information content (AvgIpc) is 3.34. The monoisotopic (exact) mass is 397 g/mol. The van der Waals surface area contributed by atoms with E-state index in [1.54, 1.807) is 54.2 Å². The molecule has 0 atom stereocenters. The molecular weight excluding hydrogens is 374 g/mol. The zero-order chi connectivity index (χ0) is 20.8. The lowest BCUT2D eigenvalue weighted by atomic mass is 10.1. The first-order valence-electron chi connectivity index (χ1n) is 9.06. The second kappa shape index (κ2) is 9.06. The quantitative estimate of drug-likeness (QED) is 0.455. The summed E-state index contributed by atoms with van der Waals surface area (Å²) in [6.07, 6.45) is 5.16. The van der Waals surface area contributed by atoms with Crippen LogP contribution in [0.25, 0.3) is 11.3 Å². The van der Waals surface area contributed by atoms with E-state index in [9.17, 15) is 9.59 Å². The van der Waals surface area contributed by atoms with Crippen molar-refractivity contribution in [1.82, 2.24) is 40.4 Å². The molecule has 0 fully saturated rings. The number of anilines is 1. The molecule has 0 aliphatic heterocycles. The number of carbonyl (C=O) groups is 2. The standard InChI is InChI=1S/C18H23N9O2/c1-12-13(11-26(3)24-12)17-14(4-5-15(23-17)18(29)19-2)22-16(28)10-20-6-8-27-9-7-21-25-27/h4-5,7,9,11,20H,6,8,10H2,1-3H3,(H,19,29)(H,22,28). The van der Waals surface area contributed by atoms with Gasteiger partial charge < -0.3 is 16.0 Å². The van der Waals surface area contributed by atoms with E-state index in [0.717, 1.165) is 11.3 Å². The maximum Gasteiger partial charge on any atom is 0.269 e. The summed E-state index contributed by atoms with van der Waals surface area (Å²) in [4.78, 5) is 28.8. The lowest BCUT2D eigenvalue weighted by Crippen LogP contribution is -2.30. The van der Waals surface area contributed by atoms with Gasteiger partial charge in [-0.05, 0) is 19.1 Å². The number of carbonyl (C=O) groups excluding carboxylic acids is 2. The highest BCUT2D eigenvalue weighted by Crippen LogP contribution is 2.28. The fourth-order valence-corrected chi connectivity index (χ4v) is 2.79. The Morgan fingerprint density at radius 1 is 1.24 bits per heavy atom. The second-order valence-electron chi connectivity index (χ2n) is 6.36. The van der Waals surface area contributed by atoms with Gasteiger partial charge in [0.15, 0.2) is 0 Å². The molecule has 3 N–H and O–H groups in total. The summed E-state index contributed by atoms with van der Waals surface area (Å²) in [6.45, 7) is 3.15. The van der Waals surface area contributed by atoms with Gasteiger partial charge in [0.2, 0.25) is 5.91 Å². The fourth-order valence-electron chi connectivity index (χ4n) is 2.79. The molecule has 11 heteroatoms. The van der Waals surface area contributed by atoms with Crippen molar-refractivity contribution in [3.8, 4) is 11.3 Å². The molecule has 0 unspecified atom stereocenters. The smallest absolute Gasteiger partial charge is 0.269 e. The third-order valence-electron chi connectivity index (χ3n) is 4.17. The van der Waals surface area contributed by atoms with Crippen molar-refractivity contribution in [2.75, 3.05) is 25.5 Å². The molecule has 0 bridgehead atoms. The lowest BCUT2D eigenvalue weighted by Gasteiger charge is -2.12. The molecule has 3 aromatic heterocycles. The Balaban J connectivity index is 1.72. The van der Waals surface area contributed by atoms with Gasteiger partial charge in [0.1, 0.15) is 5.69 Å². The van der Waals surface area contributed by atoms with Crippen molar-refractivity contribution >= 4 is 17.5 Å². The molecule has 3 heterocycles. The van der Waals surface area contributed by atoms with E-state index in [2.05, 4.69) is 36.3 Å². The van der Waals surface area contributed by atoms with E-state index in [4.69, 9.17) is 0 Å². The number of hydrogen-bond acceptors (Lipinski definition) is 7. The molecule has 0 aliphatic rings. The Hall–Kier alpha value is -3.60. The van der Waals surface area contributed by atoms with Gasteiger partial charge in [-0.3, -0.25) is 19.0 Å². The summed E-state index contributed by atoms with van der Waals surface area (Å²) < 4.78 is 3.34. The fraction of sp³-hybridized carbons (Fsp3) is 0.333. The van der Waals surface area contributed by atoms with Gasteiger partial charge in [-0.15, -0.1) is 5.10 Å². The molecule has 0 aliphatic carbocycles. The topological polar surface area (TPSA) is 132 Å². The molecule has 0 saturated carbocycles. The van der Waals surface area contributed by atoms with Crippen molar-refractivity contribution in [3.63, 3.8) is 0 Å². The Kier molecular flexibility index (Phi) is 6.29.